The van der Waals surface area contributed by atoms with Crippen molar-refractivity contribution in [1.29, 1.82) is 0 Å². The van der Waals surface area contributed by atoms with Crippen LogP contribution in [0.1, 0.15) is 113 Å². The summed E-state index contributed by atoms with van der Waals surface area (Å²) in [5.74, 6) is 1.90. The van der Waals surface area contributed by atoms with Gasteiger partial charge in [-0.15, -0.1) is 0 Å². The Balaban J connectivity index is 1.07. The molecule has 7 rings (SSSR count). The van der Waals surface area contributed by atoms with Crippen molar-refractivity contribution in [2.75, 3.05) is 13.2 Å². The molecular weight excluding hydrogens is 657 g/mol. The van der Waals surface area contributed by atoms with Crippen LogP contribution in [-0.4, -0.2) is 13.2 Å². The largest absolute Gasteiger partial charge is 0.494 e. The van der Waals surface area contributed by atoms with Crippen molar-refractivity contribution in [1.82, 2.24) is 0 Å². The second-order valence-electron chi connectivity index (χ2n) is 14.9. The minimum atomic E-state index is 0.793. The summed E-state index contributed by atoms with van der Waals surface area (Å²) >= 11 is 0. The van der Waals surface area contributed by atoms with E-state index in [0.717, 1.165) is 37.6 Å². The van der Waals surface area contributed by atoms with E-state index in [1.54, 1.807) is 0 Å². The number of hydrogen-bond donors (Lipinski definition) is 0. The molecule has 0 bridgehead atoms. The lowest BCUT2D eigenvalue weighted by Gasteiger charge is -2.16. The van der Waals surface area contributed by atoms with E-state index in [2.05, 4.69) is 147 Å². The summed E-state index contributed by atoms with van der Waals surface area (Å²) in [6.07, 6.45) is 24.3. The zero-order valence-corrected chi connectivity index (χ0v) is 32.4. The maximum Gasteiger partial charge on any atom is 0.119 e. The van der Waals surface area contributed by atoms with Crippen LogP contribution in [0.3, 0.4) is 0 Å². The Morgan fingerprint density at radius 1 is 0.352 bits per heavy atom. The zero-order chi connectivity index (χ0) is 37.0. The van der Waals surface area contributed by atoms with Crippen LogP contribution in [0.15, 0.2) is 109 Å². The summed E-state index contributed by atoms with van der Waals surface area (Å²) in [4.78, 5) is 0. The number of fused-ring (bicyclic) bond motifs is 2. The topological polar surface area (TPSA) is 18.5 Å². The van der Waals surface area contributed by atoms with Crippen LogP contribution in [-0.2, 0) is 0 Å². The molecule has 0 radical (unpaired) electrons. The molecule has 0 saturated carbocycles. The first-order valence-corrected chi connectivity index (χ1v) is 20.7. The van der Waals surface area contributed by atoms with Crippen LogP contribution in [0.4, 0.5) is 0 Å². The van der Waals surface area contributed by atoms with Crippen molar-refractivity contribution < 1.29 is 9.47 Å². The van der Waals surface area contributed by atoms with Gasteiger partial charge in [0.2, 0.25) is 0 Å². The normalized spacial score (nSPS) is 12.0. The zero-order valence-electron chi connectivity index (χ0n) is 32.4. The summed E-state index contributed by atoms with van der Waals surface area (Å²) < 4.78 is 12.0. The Morgan fingerprint density at radius 2 is 0.722 bits per heavy atom. The van der Waals surface area contributed by atoms with E-state index in [4.69, 9.17) is 9.47 Å². The van der Waals surface area contributed by atoms with Crippen LogP contribution >= 0.6 is 0 Å². The third-order valence-electron chi connectivity index (χ3n) is 10.9. The molecule has 0 amide bonds. The first-order chi connectivity index (χ1) is 26.7. The molecule has 0 fully saturated rings. The van der Waals surface area contributed by atoms with Crippen LogP contribution in [0.2, 0.25) is 0 Å². The monoisotopic (exact) mass is 712 g/mol. The molecule has 7 aromatic rings. The van der Waals surface area contributed by atoms with Crippen molar-refractivity contribution in [3.63, 3.8) is 0 Å². The highest BCUT2D eigenvalue weighted by atomic mass is 16.5. The fourth-order valence-corrected chi connectivity index (χ4v) is 7.91. The molecule has 0 aliphatic heterocycles. The predicted octanol–water partition coefficient (Wildman–Crippen LogP) is 15.6. The summed E-state index contributed by atoms with van der Waals surface area (Å²) in [5.41, 5.74) is 4.80. The summed E-state index contributed by atoms with van der Waals surface area (Å²) in [6.45, 7) is 6.11. The van der Waals surface area contributed by atoms with E-state index in [9.17, 15) is 0 Å². The fourth-order valence-electron chi connectivity index (χ4n) is 7.91. The first kappa shape index (κ1) is 37.2. The summed E-state index contributed by atoms with van der Waals surface area (Å²) in [5, 5.41) is 10.5. The summed E-state index contributed by atoms with van der Waals surface area (Å²) in [7, 11) is 0. The molecule has 0 N–H and O–H groups in total. The Kier molecular flexibility index (Phi) is 13.0. The van der Waals surface area contributed by atoms with Gasteiger partial charge in [-0.3, -0.25) is 0 Å². The molecule has 2 heteroatoms. The van der Waals surface area contributed by atoms with Gasteiger partial charge in [0, 0.05) is 0 Å². The maximum atomic E-state index is 6.02. The van der Waals surface area contributed by atoms with Gasteiger partial charge in [-0.25, -0.2) is 0 Å². The van der Waals surface area contributed by atoms with Gasteiger partial charge >= 0.3 is 0 Å². The minimum Gasteiger partial charge on any atom is -0.494 e. The van der Waals surface area contributed by atoms with Crippen molar-refractivity contribution in [3.8, 4) is 11.5 Å². The Hall–Kier alpha value is -5.08. The second-order valence-corrected chi connectivity index (χ2v) is 14.9. The van der Waals surface area contributed by atoms with Crippen LogP contribution < -0.4 is 9.47 Å². The van der Waals surface area contributed by atoms with Gasteiger partial charge in [-0.05, 0) is 102 Å². The first-order valence-electron chi connectivity index (χ1n) is 20.7. The van der Waals surface area contributed by atoms with E-state index in [1.165, 1.54) is 130 Å². The van der Waals surface area contributed by atoms with Crippen LogP contribution in [0.5, 0.6) is 11.5 Å². The highest BCUT2D eigenvalue weighted by Gasteiger charge is 2.15. The van der Waals surface area contributed by atoms with Gasteiger partial charge < -0.3 is 9.47 Å². The highest BCUT2D eigenvalue weighted by molar-refractivity contribution is 6.34. The van der Waals surface area contributed by atoms with E-state index in [0.29, 0.717) is 0 Å². The molecule has 0 unspecified atom stereocenters. The van der Waals surface area contributed by atoms with Crippen molar-refractivity contribution in [3.05, 3.63) is 131 Å². The Morgan fingerprint density at radius 3 is 1.15 bits per heavy atom. The van der Waals surface area contributed by atoms with Crippen LogP contribution in [0.25, 0.3) is 67.4 Å². The molecule has 0 aromatic heterocycles. The SMILES string of the molecule is CCCCCCCCOc1ccc(/C=C/c2ccc3c4ccc(/C=C/c5ccc(OCCCCCCCC)cc5)c5cccc(c6cccc2c63)c54)cc1. The molecule has 7 aromatic carbocycles. The van der Waals surface area contributed by atoms with Crippen molar-refractivity contribution in [2.24, 2.45) is 0 Å². The van der Waals surface area contributed by atoms with E-state index in [-0.39, 0.29) is 0 Å². The molecule has 0 spiro atoms. The van der Waals surface area contributed by atoms with Crippen LogP contribution in [0, 0.1) is 0 Å². The van der Waals surface area contributed by atoms with E-state index < -0.39 is 0 Å². The van der Waals surface area contributed by atoms with Crippen molar-refractivity contribution >= 4 is 67.4 Å². The molecule has 0 saturated heterocycles. The summed E-state index contributed by atoms with van der Waals surface area (Å²) in [6, 6.07) is 39.8. The lowest BCUT2D eigenvalue weighted by atomic mass is 9.87. The molecule has 0 aliphatic rings. The number of hydrogen-bond acceptors (Lipinski definition) is 2. The number of ether oxygens (including phenoxy) is 2. The fraction of sp³-hybridized carbons (Fsp3) is 0.308. The second kappa shape index (κ2) is 18.8. The van der Waals surface area contributed by atoms with Gasteiger partial charge in [0.25, 0.3) is 0 Å². The Labute approximate surface area is 322 Å². The molecule has 2 nitrogen and oxygen atoms in total. The molecule has 0 heterocycles. The molecule has 0 aliphatic carbocycles. The predicted molar refractivity (Wildman–Crippen MR) is 236 cm³/mol. The molecule has 54 heavy (non-hydrogen) atoms. The number of rotatable bonds is 20. The maximum absolute atomic E-state index is 6.02. The van der Waals surface area contributed by atoms with Gasteiger partial charge in [0.1, 0.15) is 11.5 Å². The number of unbranched alkanes of at least 4 members (excludes halogenated alkanes) is 10. The quantitative estimate of drug-likeness (QED) is 0.0339. The third kappa shape index (κ3) is 8.99. The highest BCUT2D eigenvalue weighted by Crippen LogP contribution is 2.42. The minimum absolute atomic E-state index is 0.793. The smallest absolute Gasteiger partial charge is 0.119 e. The molecule has 276 valence electrons. The molecule has 0 atom stereocenters. The van der Waals surface area contributed by atoms with Gasteiger partial charge in [-0.1, -0.05) is 187 Å². The van der Waals surface area contributed by atoms with Gasteiger partial charge in [-0.2, -0.15) is 0 Å². The number of benzene rings is 7. The van der Waals surface area contributed by atoms with E-state index >= 15 is 0 Å². The van der Waals surface area contributed by atoms with Gasteiger partial charge in [0.05, 0.1) is 13.2 Å². The average molecular weight is 713 g/mol. The lowest BCUT2D eigenvalue weighted by molar-refractivity contribution is 0.304. The van der Waals surface area contributed by atoms with E-state index in [1.807, 2.05) is 0 Å². The third-order valence-corrected chi connectivity index (χ3v) is 10.9. The Bertz CT molecular complexity index is 2110. The molecular formula is C52H56O2. The lowest BCUT2D eigenvalue weighted by Crippen LogP contribution is -1.97. The average Bonchev–Trinajstić information content (AvgIpc) is 3.21. The van der Waals surface area contributed by atoms with Gasteiger partial charge in [0.15, 0.2) is 0 Å². The standard InChI is InChI=1S/C52H56O2/c1-3-5-7-9-11-13-37-53-43-31-23-39(24-32-43)21-27-41-29-35-49-50-36-30-42(46-18-16-20-48(52(46)50)47-19-15-17-45(41)51(47)49)28-22-40-25-33-44(34-26-40)54-38-14-12-10-8-6-4-2/h15-36H,3-14,37-38H2,1-2H3/b27-21+,28-22+. The van der Waals surface area contributed by atoms with Crippen molar-refractivity contribution in [2.45, 2.75) is 90.9 Å².